The second kappa shape index (κ2) is 11.0. The average Bonchev–Trinajstić information content (AvgIpc) is 2.79. The maximum Gasteiger partial charge on any atom is 0.282 e. The van der Waals surface area contributed by atoms with Crippen molar-refractivity contribution in [2.24, 2.45) is 5.10 Å². The van der Waals surface area contributed by atoms with Gasteiger partial charge in [0.1, 0.15) is 18.2 Å². The molecule has 9 heteroatoms. The van der Waals surface area contributed by atoms with Crippen LogP contribution in [0.25, 0.3) is 10.9 Å². The largest absolute Gasteiger partial charge is 0.487 e. The Balaban J connectivity index is 1.65. The van der Waals surface area contributed by atoms with E-state index >= 15 is 0 Å². The van der Waals surface area contributed by atoms with Crippen LogP contribution in [0.3, 0.4) is 0 Å². The van der Waals surface area contributed by atoms with Crippen LogP contribution >= 0.6 is 72.7 Å². The van der Waals surface area contributed by atoms with Crippen molar-refractivity contribution >= 4 is 89.8 Å². The fourth-order valence-electron chi connectivity index (χ4n) is 3.30. The Bertz CT molecular complexity index is 1430. The highest BCUT2D eigenvalue weighted by Gasteiger charge is 2.14. The van der Waals surface area contributed by atoms with Crippen molar-refractivity contribution in [1.82, 2.24) is 9.66 Å². The monoisotopic (exact) mass is 761 g/mol. The Kier molecular flexibility index (Phi) is 8.32. The molecule has 0 aliphatic carbocycles. The molecule has 0 amide bonds. The maximum absolute atomic E-state index is 13.2. The zero-order valence-corrected chi connectivity index (χ0v) is 24.9. The van der Waals surface area contributed by atoms with Crippen molar-refractivity contribution in [3.8, 4) is 5.75 Å². The highest BCUT2D eigenvalue weighted by Crippen LogP contribution is 2.29. The van der Waals surface area contributed by atoms with E-state index in [-0.39, 0.29) is 11.5 Å². The van der Waals surface area contributed by atoms with Crippen LogP contribution in [0.5, 0.6) is 5.75 Å². The quantitative estimate of drug-likeness (QED) is 0.150. The summed E-state index contributed by atoms with van der Waals surface area (Å²) >= 11 is 13.9. The Morgan fingerprint density at radius 3 is 2.44 bits per heavy atom. The first kappa shape index (κ1) is 25.6. The first-order chi connectivity index (χ1) is 16.2. The molecule has 1 aromatic heterocycles. The van der Waals surface area contributed by atoms with E-state index in [4.69, 9.17) is 21.3 Å². The van der Waals surface area contributed by atoms with Crippen LogP contribution in [-0.4, -0.2) is 15.9 Å². The minimum atomic E-state index is -0.196. The first-order valence-electron chi connectivity index (χ1n) is 10.4. The molecule has 0 saturated heterocycles. The van der Waals surface area contributed by atoms with Crippen LogP contribution < -0.4 is 10.3 Å². The molecule has 0 saturated carbocycles. The van der Waals surface area contributed by atoms with Gasteiger partial charge < -0.3 is 4.74 Å². The number of benzene rings is 3. The number of halogens is 4. The second-order valence-corrected chi connectivity index (χ2v) is 11.6. The molecule has 1 heterocycles. The van der Waals surface area contributed by atoms with E-state index in [0.29, 0.717) is 28.4 Å². The van der Waals surface area contributed by atoms with E-state index < -0.39 is 0 Å². The fraction of sp³-hybridized carbons (Fsp3) is 0.160. The summed E-state index contributed by atoms with van der Waals surface area (Å²) < 4.78 is 10.2. The molecular weight excluding hydrogens is 743 g/mol. The predicted molar refractivity (Wildman–Crippen MR) is 158 cm³/mol. The Morgan fingerprint density at radius 2 is 1.79 bits per heavy atom. The first-order valence-corrected chi connectivity index (χ1v) is 13.7. The summed E-state index contributed by atoms with van der Waals surface area (Å²) in [5.74, 6) is 1.45. The van der Waals surface area contributed by atoms with Crippen molar-refractivity contribution in [3.05, 3.63) is 98.5 Å². The second-order valence-electron chi connectivity index (χ2n) is 7.88. The Labute approximate surface area is 238 Å². The smallest absolute Gasteiger partial charge is 0.282 e. The highest BCUT2D eigenvalue weighted by molar-refractivity contribution is 14.1. The van der Waals surface area contributed by atoms with Gasteiger partial charge in [-0.1, -0.05) is 53.5 Å². The van der Waals surface area contributed by atoms with Crippen molar-refractivity contribution in [2.75, 3.05) is 0 Å². The number of aromatic nitrogens is 2. The molecule has 174 valence electrons. The summed E-state index contributed by atoms with van der Waals surface area (Å²) in [6.07, 6.45) is 1.69. The van der Waals surface area contributed by atoms with Crippen LogP contribution in [0.4, 0.5) is 0 Å². The van der Waals surface area contributed by atoms with E-state index in [1.54, 1.807) is 12.3 Å². The lowest BCUT2D eigenvalue weighted by Crippen LogP contribution is -2.23. The van der Waals surface area contributed by atoms with Crippen molar-refractivity contribution < 1.29 is 4.74 Å². The highest BCUT2D eigenvalue weighted by atomic mass is 127. The van der Waals surface area contributed by atoms with Crippen molar-refractivity contribution in [3.63, 3.8) is 0 Å². The number of fused-ring (bicyclic) bond motifs is 1. The third-order valence-electron chi connectivity index (χ3n) is 4.99. The average molecular weight is 763 g/mol. The van der Waals surface area contributed by atoms with Gasteiger partial charge >= 0.3 is 0 Å². The zero-order valence-electron chi connectivity index (χ0n) is 18.2. The van der Waals surface area contributed by atoms with Crippen LogP contribution in [0.1, 0.15) is 36.7 Å². The molecule has 0 spiro atoms. The van der Waals surface area contributed by atoms with Crippen LogP contribution in [-0.2, 0) is 6.61 Å². The van der Waals surface area contributed by atoms with Crippen molar-refractivity contribution in [1.29, 1.82) is 0 Å². The SMILES string of the molecule is CC(C)c1nc2ccc(Br)cc2c(=O)n1N=Cc1cc(I)c(OCc2ccc(Cl)cc2)c(I)c1. The summed E-state index contributed by atoms with van der Waals surface area (Å²) in [7, 11) is 0. The van der Waals surface area contributed by atoms with Gasteiger partial charge in [0.2, 0.25) is 0 Å². The summed E-state index contributed by atoms with van der Waals surface area (Å²) in [5.41, 5.74) is 2.37. The van der Waals surface area contributed by atoms with Gasteiger partial charge in [-0.3, -0.25) is 4.79 Å². The number of hydrogen-bond acceptors (Lipinski definition) is 4. The molecule has 5 nitrogen and oxygen atoms in total. The summed E-state index contributed by atoms with van der Waals surface area (Å²) in [6.45, 7) is 4.44. The molecule has 0 radical (unpaired) electrons. The van der Waals surface area contributed by atoms with Gasteiger partial charge in [-0.05, 0) is 98.8 Å². The topological polar surface area (TPSA) is 56.5 Å². The Morgan fingerprint density at radius 1 is 1.12 bits per heavy atom. The molecule has 0 N–H and O–H groups in total. The molecule has 0 unspecified atom stereocenters. The fourth-order valence-corrected chi connectivity index (χ4v) is 5.92. The summed E-state index contributed by atoms with van der Waals surface area (Å²) in [4.78, 5) is 17.9. The third kappa shape index (κ3) is 5.83. The third-order valence-corrected chi connectivity index (χ3v) is 7.34. The van der Waals surface area contributed by atoms with Gasteiger partial charge in [0.25, 0.3) is 5.56 Å². The molecule has 0 bridgehead atoms. The zero-order chi connectivity index (χ0) is 24.4. The van der Waals surface area contributed by atoms with Gasteiger partial charge in [-0.2, -0.15) is 9.78 Å². The van der Waals surface area contributed by atoms with E-state index in [2.05, 4.69) is 66.2 Å². The molecule has 0 atom stereocenters. The standard InChI is InChI=1S/C25H19BrClI2N3O2/c1-14(2)24-31-22-8-5-17(26)11-19(22)25(33)32(24)30-12-16-9-20(28)23(21(29)10-16)34-13-15-3-6-18(27)7-4-15/h3-12,14H,13H2,1-2H3. The lowest BCUT2D eigenvalue weighted by atomic mass is 10.2. The van der Waals surface area contributed by atoms with Crippen LogP contribution in [0.15, 0.2) is 69.0 Å². The number of hydrogen-bond donors (Lipinski definition) is 0. The van der Waals surface area contributed by atoms with Gasteiger partial charge in [-0.15, -0.1) is 0 Å². The van der Waals surface area contributed by atoms with Gasteiger partial charge in [0.15, 0.2) is 0 Å². The molecule has 3 aromatic carbocycles. The Hall–Kier alpha value is -1.50. The van der Waals surface area contributed by atoms with Crippen molar-refractivity contribution in [2.45, 2.75) is 26.4 Å². The van der Waals surface area contributed by atoms with E-state index in [9.17, 15) is 4.79 Å². The molecule has 0 fully saturated rings. The molecular formula is C25H19BrClI2N3O2. The molecule has 4 rings (SSSR count). The lowest BCUT2D eigenvalue weighted by molar-refractivity contribution is 0.302. The summed E-state index contributed by atoms with van der Waals surface area (Å²) in [5, 5.41) is 5.75. The maximum atomic E-state index is 13.2. The summed E-state index contributed by atoms with van der Waals surface area (Å²) in [6, 6.07) is 17.1. The van der Waals surface area contributed by atoms with Crippen LogP contribution in [0, 0.1) is 7.14 Å². The van der Waals surface area contributed by atoms with Gasteiger partial charge in [0.05, 0.1) is 24.3 Å². The number of nitrogens with zero attached hydrogens (tertiary/aromatic N) is 3. The van der Waals surface area contributed by atoms with Crippen LogP contribution in [0.2, 0.25) is 5.02 Å². The lowest BCUT2D eigenvalue weighted by Gasteiger charge is -2.13. The van der Waals surface area contributed by atoms with Gasteiger partial charge in [-0.25, -0.2) is 4.98 Å². The minimum Gasteiger partial charge on any atom is -0.487 e. The number of ether oxygens (including phenoxy) is 1. The van der Waals surface area contributed by atoms with E-state index in [0.717, 1.165) is 28.5 Å². The van der Waals surface area contributed by atoms with E-state index in [1.807, 2.05) is 62.4 Å². The predicted octanol–water partition coefficient (Wildman–Crippen LogP) is 7.61. The molecule has 4 aromatic rings. The molecule has 0 aliphatic rings. The number of rotatable bonds is 6. The van der Waals surface area contributed by atoms with E-state index in [1.165, 1.54) is 4.68 Å². The normalized spacial score (nSPS) is 11.6. The van der Waals surface area contributed by atoms with Gasteiger partial charge in [0, 0.05) is 15.4 Å². The minimum absolute atomic E-state index is 0.0295. The molecule has 34 heavy (non-hydrogen) atoms. The molecule has 0 aliphatic heterocycles.